The Morgan fingerprint density at radius 1 is 0.704 bits per heavy atom. The van der Waals surface area contributed by atoms with Crippen LogP contribution in [0.5, 0.6) is 0 Å². The summed E-state index contributed by atoms with van der Waals surface area (Å²) in [5.74, 6) is -3.30. The van der Waals surface area contributed by atoms with E-state index in [1.807, 2.05) is 0 Å². The first-order valence-corrected chi connectivity index (χ1v) is 9.74. The smallest absolute Gasteiger partial charge is 0.0755 e. The Morgan fingerprint density at radius 2 is 1.00 bits per heavy atom. The van der Waals surface area contributed by atoms with Crippen LogP contribution in [0.2, 0.25) is 10.0 Å². The minimum absolute atomic E-state index is 0. The average Bonchev–Trinajstić information content (AvgIpc) is 2.67. The van der Waals surface area contributed by atoms with Crippen molar-refractivity contribution >= 4 is 35.1 Å². The molecule has 1 aromatic carbocycles. The van der Waals surface area contributed by atoms with E-state index in [0.717, 1.165) is 12.1 Å². The molecule has 0 aliphatic carbocycles. The second-order valence-electron chi connectivity index (χ2n) is 6.24. The first-order valence-electron chi connectivity index (χ1n) is 8.98. The van der Waals surface area contributed by atoms with Crippen LogP contribution < -0.4 is 20.8 Å². The molecule has 0 amide bonds. The molecule has 7 nitrogen and oxygen atoms in total. The molecule has 2 heterocycles. The first-order chi connectivity index (χ1) is 12.4. The van der Waals surface area contributed by atoms with Gasteiger partial charge in [-0.25, -0.2) is 0 Å². The zero-order chi connectivity index (χ0) is 19.4. The summed E-state index contributed by atoms with van der Waals surface area (Å²) in [6.07, 6.45) is 8.72. The van der Waals surface area contributed by atoms with Crippen molar-refractivity contribution in [3.05, 3.63) is 33.3 Å². The van der Waals surface area contributed by atoms with Gasteiger partial charge in [0.05, 0.1) is 48.2 Å². The SMILES string of the molecule is C1CC[NH2+]CC1.C1CC[NH2+]CC1.O.O=C([O-])c1cc(Cl)c(Cl)cc1C(=O)[O-]. The zero-order valence-corrected chi connectivity index (χ0v) is 16.8. The van der Waals surface area contributed by atoms with Crippen LogP contribution in [0.1, 0.15) is 59.2 Å². The number of benzene rings is 1. The van der Waals surface area contributed by atoms with Crippen molar-refractivity contribution in [1.29, 1.82) is 0 Å². The summed E-state index contributed by atoms with van der Waals surface area (Å²) < 4.78 is 0. The van der Waals surface area contributed by atoms with Crippen molar-refractivity contribution in [1.82, 2.24) is 0 Å². The Morgan fingerprint density at radius 3 is 1.15 bits per heavy atom. The summed E-state index contributed by atoms with van der Waals surface area (Å²) in [6, 6.07) is 1.81. The number of nitrogens with two attached hydrogens (primary N) is 2. The molecule has 0 atom stereocenters. The third kappa shape index (κ3) is 10.5. The molecule has 0 radical (unpaired) electrons. The van der Waals surface area contributed by atoms with Gasteiger partial charge in [-0.05, 0) is 50.7 Å². The van der Waals surface area contributed by atoms with Crippen LogP contribution in [0.15, 0.2) is 12.1 Å². The van der Waals surface area contributed by atoms with Gasteiger partial charge in [-0.1, -0.05) is 23.2 Å². The van der Waals surface area contributed by atoms with E-state index in [9.17, 15) is 19.8 Å². The number of rotatable bonds is 2. The quantitative estimate of drug-likeness (QED) is 0.588. The van der Waals surface area contributed by atoms with E-state index in [4.69, 9.17) is 23.2 Å². The van der Waals surface area contributed by atoms with E-state index in [2.05, 4.69) is 10.6 Å². The van der Waals surface area contributed by atoms with E-state index in [1.165, 1.54) is 64.7 Å². The lowest BCUT2D eigenvalue weighted by molar-refractivity contribution is -0.662. The third-order valence-corrected chi connectivity index (χ3v) is 4.86. The number of hydrogen-bond donors (Lipinski definition) is 2. The Labute approximate surface area is 169 Å². The van der Waals surface area contributed by atoms with Crippen molar-refractivity contribution in [2.24, 2.45) is 0 Å². The first kappa shape index (κ1) is 25.6. The minimum Gasteiger partial charge on any atom is -0.545 e. The Balaban J connectivity index is 0.000000429. The number of aromatic carboxylic acids is 2. The van der Waals surface area contributed by atoms with Gasteiger partial charge >= 0.3 is 0 Å². The van der Waals surface area contributed by atoms with E-state index >= 15 is 0 Å². The minimum atomic E-state index is -1.65. The number of carbonyl (C=O) groups is 2. The summed E-state index contributed by atoms with van der Waals surface area (Å²) in [5.41, 5.74) is -1.11. The molecule has 0 saturated carbocycles. The predicted molar refractivity (Wildman–Crippen MR) is 99.8 cm³/mol. The molecule has 3 rings (SSSR count). The highest BCUT2D eigenvalue weighted by Crippen LogP contribution is 2.25. The highest BCUT2D eigenvalue weighted by atomic mass is 35.5. The number of hydrogen-bond acceptors (Lipinski definition) is 4. The molecule has 1 aromatic rings. The molecular formula is C18H28Cl2N2O5. The van der Waals surface area contributed by atoms with Crippen molar-refractivity contribution < 1.29 is 35.9 Å². The van der Waals surface area contributed by atoms with Gasteiger partial charge in [-0.15, -0.1) is 0 Å². The van der Waals surface area contributed by atoms with Crippen molar-refractivity contribution in [2.75, 3.05) is 26.2 Å². The lowest BCUT2D eigenvalue weighted by Crippen LogP contribution is -2.85. The van der Waals surface area contributed by atoms with Gasteiger partial charge in [0, 0.05) is 11.1 Å². The topological polar surface area (TPSA) is 145 Å². The van der Waals surface area contributed by atoms with Gasteiger partial charge < -0.3 is 35.9 Å². The van der Waals surface area contributed by atoms with Crippen LogP contribution >= 0.6 is 23.2 Å². The summed E-state index contributed by atoms with van der Waals surface area (Å²) in [4.78, 5) is 21.0. The lowest BCUT2D eigenvalue weighted by atomic mass is 10.1. The van der Waals surface area contributed by atoms with E-state index < -0.39 is 23.1 Å². The van der Waals surface area contributed by atoms with Crippen molar-refractivity contribution in [3.63, 3.8) is 0 Å². The highest BCUT2D eigenvalue weighted by molar-refractivity contribution is 6.42. The number of carbonyl (C=O) groups excluding carboxylic acids is 2. The molecule has 2 aliphatic rings. The van der Waals surface area contributed by atoms with Crippen LogP contribution in [0.25, 0.3) is 0 Å². The van der Waals surface area contributed by atoms with E-state index in [-0.39, 0.29) is 15.5 Å². The van der Waals surface area contributed by atoms with Gasteiger partial charge in [-0.3, -0.25) is 0 Å². The molecule has 0 unspecified atom stereocenters. The number of quaternary nitrogens is 2. The molecule has 27 heavy (non-hydrogen) atoms. The molecule has 2 fully saturated rings. The van der Waals surface area contributed by atoms with Crippen LogP contribution in [-0.4, -0.2) is 43.6 Å². The molecular weight excluding hydrogens is 395 g/mol. The fourth-order valence-electron chi connectivity index (χ4n) is 2.68. The zero-order valence-electron chi connectivity index (χ0n) is 15.3. The number of halogens is 2. The molecule has 0 aromatic heterocycles. The maximum absolute atomic E-state index is 10.5. The van der Waals surface area contributed by atoms with Crippen molar-refractivity contribution in [2.45, 2.75) is 38.5 Å². The average molecular weight is 423 g/mol. The summed E-state index contributed by atoms with van der Waals surface area (Å²) in [5, 5.41) is 25.6. The normalized spacial score (nSPS) is 15.8. The predicted octanol–water partition coefficient (Wildman–Crippen LogP) is -1.64. The second kappa shape index (κ2) is 14.6. The summed E-state index contributed by atoms with van der Waals surface area (Å²) in [7, 11) is 0. The lowest BCUT2D eigenvalue weighted by Gasteiger charge is -2.12. The van der Waals surface area contributed by atoms with E-state index in [0.29, 0.717) is 0 Å². The largest absolute Gasteiger partial charge is 0.545 e. The monoisotopic (exact) mass is 422 g/mol. The summed E-state index contributed by atoms with van der Waals surface area (Å²) >= 11 is 11.0. The molecule has 2 aliphatic heterocycles. The van der Waals surface area contributed by atoms with Gasteiger partial charge in [0.25, 0.3) is 0 Å². The van der Waals surface area contributed by atoms with E-state index in [1.54, 1.807) is 0 Å². The van der Waals surface area contributed by atoms with Gasteiger partial charge in [-0.2, -0.15) is 0 Å². The summed E-state index contributed by atoms with van der Waals surface area (Å²) in [6.45, 7) is 5.50. The van der Waals surface area contributed by atoms with Gasteiger partial charge in [0.1, 0.15) is 0 Å². The molecule has 2 saturated heterocycles. The van der Waals surface area contributed by atoms with Crippen molar-refractivity contribution in [3.8, 4) is 0 Å². The maximum Gasteiger partial charge on any atom is 0.0755 e. The fraction of sp³-hybridized carbons (Fsp3) is 0.556. The Kier molecular flexibility index (Phi) is 13.9. The number of piperidine rings is 2. The fourth-order valence-corrected chi connectivity index (χ4v) is 3.01. The van der Waals surface area contributed by atoms with Crippen LogP contribution in [0.4, 0.5) is 0 Å². The molecule has 6 N–H and O–H groups in total. The van der Waals surface area contributed by atoms with Crippen LogP contribution in [0, 0.1) is 0 Å². The molecule has 9 heteroatoms. The van der Waals surface area contributed by atoms with Gasteiger partial charge in [0.15, 0.2) is 0 Å². The number of carboxylic acid groups (broad SMARTS) is 2. The molecule has 154 valence electrons. The third-order valence-electron chi connectivity index (χ3n) is 4.13. The molecule has 0 spiro atoms. The maximum atomic E-state index is 10.5. The second-order valence-corrected chi connectivity index (χ2v) is 7.05. The van der Waals surface area contributed by atoms with Crippen LogP contribution in [-0.2, 0) is 0 Å². The van der Waals surface area contributed by atoms with Gasteiger partial charge in [0.2, 0.25) is 0 Å². The standard InChI is InChI=1S/C8H4Cl2O4.2C5H11N.H2O/c9-5-1-3(7(11)12)4(8(13)14)2-6(5)10;2*1-2-4-6-5-3-1;/h1-2H,(H,11,12)(H,13,14);2*6H,1-5H2;1H2. The molecule has 0 bridgehead atoms. The van der Waals surface area contributed by atoms with Crippen LogP contribution in [0.3, 0.4) is 0 Å². The Bertz CT molecular complexity index is 517. The number of carboxylic acids is 2. The Hall–Kier alpha value is -1.38. The highest BCUT2D eigenvalue weighted by Gasteiger charge is 2.09.